The Labute approximate surface area is 150 Å². The minimum absolute atomic E-state index is 0.0644. The lowest BCUT2D eigenvalue weighted by molar-refractivity contribution is -0.131. The van der Waals surface area contributed by atoms with Crippen molar-refractivity contribution in [3.8, 4) is 0 Å². The van der Waals surface area contributed by atoms with Gasteiger partial charge in [-0.05, 0) is 42.7 Å². The Bertz CT molecular complexity index is 922. The highest BCUT2D eigenvalue weighted by Crippen LogP contribution is 2.32. The van der Waals surface area contributed by atoms with E-state index in [0.29, 0.717) is 31.5 Å². The Morgan fingerprint density at radius 2 is 2.12 bits per heavy atom. The Hall–Kier alpha value is -1.93. The maximum atomic E-state index is 13.6. The highest BCUT2D eigenvalue weighted by Gasteiger charge is 2.26. The topological polar surface area (TPSA) is 66.5 Å². The van der Waals surface area contributed by atoms with Crippen molar-refractivity contribution in [1.29, 1.82) is 0 Å². The molecule has 0 aliphatic carbocycles. The first-order valence-corrected chi connectivity index (χ1v) is 10.3. The first-order valence-electron chi connectivity index (χ1n) is 7.98. The number of amides is 1. The minimum atomic E-state index is -3.78. The fraction of sp³-hybridized carbons (Fsp3) is 0.353. The van der Waals surface area contributed by atoms with Crippen molar-refractivity contribution >= 4 is 33.0 Å². The van der Waals surface area contributed by atoms with Gasteiger partial charge in [-0.2, -0.15) is 0 Å². The Morgan fingerprint density at radius 1 is 1.36 bits per heavy atom. The fourth-order valence-electron chi connectivity index (χ4n) is 2.74. The van der Waals surface area contributed by atoms with E-state index in [2.05, 4.69) is 4.72 Å². The molecule has 1 aromatic carbocycles. The predicted octanol–water partition coefficient (Wildman–Crippen LogP) is 3.29. The number of nitrogens with one attached hydrogen (secondary N) is 1. The second kappa shape index (κ2) is 6.76. The first-order chi connectivity index (χ1) is 11.8. The molecule has 1 aliphatic rings. The highest BCUT2D eigenvalue weighted by molar-refractivity contribution is 7.94. The number of hydrogen-bond donors (Lipinski definition) is 1. The molecule has 1 aliphatic heterocycles. The van der Waals surface area contributed by atoms with Crippen molar-refractivity contribution in [2.24, 2.45) is 0 Å². The number of sulfonamides is 1. The number of benzene rings is 1. The molecular formula is C17H19FN2O3S2. The third kappa shape index (κ3) is 3.69. The molecule has 5 nitrogen and oxygen atoms in total. The summed E-state index contributed by atoms with van der Waals surface area (Å²) in [5.41, 5.74) is 1.51. The molecule has 0 saturated heterocycles. The van der Waals surface area contributed by atoms with Crippen LogP contribution < -0.4 is 4.72 Å². The van der Waals surface area contributed by atoms with E-state index in [0.717, 1.165) is 10.4 Å². The Kier molecular flexibility index (Phi) is 4.83. The normalized spacial score (nSPS) is 14.3. The quantitative estimate of drug-likeness (QED) is 0.882. The summed E-state index contributed by atoms with van der Waals surface area (Å²) in [5.74, 6) is -0.395. The molecule has 2 heterocycles. The van der Waals surface area contributed by atoms with Crippen molar-refractivity contribution < 1.29 is 17.6 Å². The summed E-state index contributed by atoms with van der Waals surface area (Å²) in [6.45, 7) is 4.47. The molecule has 0 spiro atoms. The summed E-state index contributed by atoms with van der Waals surface area (Å²) in [6.07, 6.45) is 1.09. The van der Waals surface area contributed by atoms with Crippen molar-refractivity contribution in [3.63, 3.8) is 0 Å². The van der Waals surface area contributed by atoms with Crippen molar-refractivity contribution in [1.82, 2.24) is 4.90 Å². The van der Waals surface area contributed by atoms with Crippen LogP contribution in [-0.4, -0.2) is 25.8 Å². The first kappa shape index (κ1) is 17.9. The predicted molar refractivity (Wildman–Crippen MR) is 95.7 cm³/mol. The zero-order valence-corrected chi connectivity index (χ0v) is 15.6. The molecule has 0 saturated carbocycles. The second-order valence-electron chi connectivity index (χ2n) is 6.00. The zero-order chi connectivity index (χ0) is 18.2. The lowest BCUT2D eigenvalue weighted by Crippen LogP contribution is -2.34. The van der Waals surface area contributed by atoms with Crippen LogP contribution in [0.3, 0.4) is 0 Å². The van der Waals surface area contributed by atoms with E-state index >= 15 is 0 Å². The van der Waals surface area contributed by atoms with Gasteiger partial charge in [0.2, 0.25) is 5.91 Å². The number of carbonyl (C=O) groups is 1. The van der Waals surface area contributed by atoms with Gasteiger partial charge in [-0.1, -0.05) is 13.0 Å². The molecule has 2 aromatic rings. The molecule has 1 aromatic heterocycles. The molecule has 1 amide bonds. The van der Waals surface area contributed by atoms with Crippen LogP contribution in [0, 0.1) is 12.7 Å². The van der Waals surface area contributed by atoms with Gasteiger partial charge < -0.3 is 4.90 Å². The molecule has 0 atom stereocenters. The highest BCUT2D eigenvalue weighted by atomic mass is 32.2. The van der Waals surface area contributed by atoms with Crippen LogP contribution in [-0.2, 0) is 27.8 Å². The Morgan fingerprint density at radius 3 is 2.80 bits per heavy atom. The number of hydrogen-bond acceptors (Lipinski definition) is 4. The van der Waals surface area contributed by atoms with Gasteiger partial charge in [-0.15, -0.1) is 11.3 Å². The maximum Gasteiger partial charge on any atom is 0.271 e. The molecule has 25 heavy (non-hydrogen) atoms. The number of halogens is 1. The van der Waals surface area contributed by atoms with E-state index < -0.39 is 15.8 Å². The van der Waals surface area contributed by atoms with Gasteiger partial charge in [-0.3, -0.25) is 9.52 Å². The van der Waals surface area contributed by atoms with Crippen LogP contribution in [0.25, 0.3) is 0 Å². The van der Waals surface area contributed by atoms with Gasteiger partial charge in [0.25, 0.3) is 10.0 Å². The summed E-state index contributed by atoms with van der Waals surface area (Å²) in [4.78, 5) is 14.6. The smallest absolute Gasteiger partial charge is 0.271 e. The van der Waals surface area contributed by atoms with Crippen LogP contribution in [0.1, 0.15) is 29.3 Å². The van der Waals surface area contributed by atoms with Crippen molar-refractivity contribution in [2.45, 2.75) is 37.4 Å². The van der Waals surface area contributed by atoms with Crippen LogP contribution in [0.4, 0.5) is 10.1 Å². The summed E-state index contributed by atoms with van der Waals surface area (Å²) >= 11 is 1.21. The lowest BCUT2D eigenvalue weighted by atomic mass is 10.1. The third-order valence-electron chi connectivity index (χ3n) is 4.19. The molecule has 0 fully saturated rings. The summed E-state index contributed by atoms with van der Waals surface area (Å²) in [7, 11) is -3.78. The Balaban J connectivity index is 1.83. The molecule has 1 N–H and O–H groups in total. The van der Waals surface area contributed by atoms with E-state index in [4.69, 9.17) is 0 Å². The van der Waals surface area contributed by atoms with E-state index in [1.807, 2.05) is 6.92 Å². The van der Waals surface area contributed by atoms with Crippen molar-refractivity contribution in [3.05, 3.63) is 46.1 Å². The number of aryl methyl sites for hydroxylation is 1. The fourth-order valence-corrected chi connectivity index (χ4v) is 5.33. The van der Waals surface area contributed by atoms with Crippen LogP contribution in [0.15, 0.2) is 28.5 Å². The van der Waals surface area contributed by atoms with Gasteiger partial charge in [0.05, 0.1) is 5.69 Å². The number of fused-ring (bicyclic) bond motifs is 1. The van der Waals surface area contributed by atoms with E-state index in [9.17, 15) is 17.6 Å². The number of rotatable bonds is 4. The summed E-state index contributed by atoms with van der Waals surface area (Å²) < 4.78 is 41.4. The van der Waals surface area contributed by atoms with Crippen LogP contribution in [0.5, 0.6) is 0 Å². The molecular weight excluding hydrogens is 363 g/mol. The molecule has 0 unspecified atom stereocenters. The number of anilines is 1. The number of thiophene rings is 1. The third-order valence-corrected chi connectivity index (χ3v) is 7.28. The van der Waals surface area contributed by atoms with E-state index in [1.165, 1.54) is 29.5 Å². The second-order valence-corrected chi connectivity index (χ2v) is 9.05. The molecule has 3 rings (SSSR count). The van der Waals surface area contributed by atoms with Crippen LogP contribution in [0.2, 0.25) is 0 Å². The van der Waals surface area contributed by atoms with Crippen LogP contribution >= 0.6 is 11.3 Å². The van der Waals surface area contributed by atoms with Gasteiger partial charge in [-0.25, -0.2) is 12.8 Å². The van der Waals surface area contributed by atoms with Gasteiger partial charge in [0, 0.05) is 24.4 Å². The average molecular weight is 382 g/mol. The lowest BCUT2D eigenvalue weighted by Gasteiger charge is -2.26. The minimum Gasteiger partial charge on any atom is -0.338 e. The van der Waals surface area contributed by atoms with Gasteiger partial charge in [0.15, 0.2) is 0 Å². The SMILES string of the molecule is CCC(=O)N1CCc2sc(S(=O)(=O)Nc3ccc(C)c(F)c3)cc2C1. The van der Waals surface area contributed by atoms with Gasteiger partial charge >= 0.3 is 0 Å². The van der Waals surface area contributed by atoms with Crippen molar-refractivity contribution in [2.75, 3.05) is 11.3 Å². The monoisotopic (exact) mass is 382 g/mol. The summed E-state index contributed by atoms with van der Waals surface area (Å²) in [6, 6.07) is 5.84. The number of carbonyl (C=O) groups excluding carboxylic acids is 1. The average Bonchev–Trinajstić information content (AvgIpc) is 3.01. The van der Waals surface area contributed by atoms with E-state index in [1.54, 1.807) is 17.9 Å². The van der Waals surface area contributed by atoms with Gasteiger partial charge in [0.1, 0.15) is 10.0 Å². The zero-order valence-electron chi connectivity index (χ0n) is 14.0. The number of nitrogens with zero attached hydrogens (tertiary/aromatic N) is 1. The maximum absolute atomic E-state index is 13.6. The molecule has 0 bridgehead atoms. The molecule has 8 heteroatoms. The largest absolute Gasteiger partial charge is 0.338 e. The summed E-state index contributed by atoms with van der Waals surface area (Å²) in [5, 5.41) is 0. The molecule has 0 radical (unpaired) electrons. The van der Waals surface area contributed by atoms with E-state index in [-0.39, 0.29) is 15.8 Å². The standard InChI is InChI=1S/C17H19FN2O3S2/c1-3-16(21)20-7-6-15-12(10-20)8-17(24-15)25(22,23)19-13-5-4-11(2)14(18)9-13/h4-5,8-9,19H,3,6-7,10H2,1-2H3. The molecule has 134 valence electrons.